The summed E-state index contributed by atoms with van der Waals surface area (Å²) in [4.78, 5) is 16.4. The summed E-state index contributed by atoms with van der Waals surface area (Å²) in [6.07, 6.45) is 3.04. The summed E-state index contributed by atoms with van der Waals surface area (Å²) in [5.41, 5.74) is 2.60. The van der Waals surface area contributed by atoms with Gasteiger partial charge in [0.25, 0.3) is 5.91 Å². The van der Waals surface area contributed by atoms with E-state index in [0.29, 0.717) is 24.0 Å². The molecule has 0 radical (unpaired) electrons. The second-order valence-electron chi connectivity index (χ2n) is 5.61. The maximum Gasteiger partial charge on any atom is 0.270 e. The van der Waals surface area contributed by atoms with Gasteiger partial charge in [0.05, 0.1) is 0 Å². The molecule has 0 spiro atoms. The van der Waals surface area contributed by atoms with Crippen LogP contribution in [0.25, 0.3) is 0 Å². The van der Waals surface area contributed by atoms with Gasteiger partial charge in [-0.3, -0.25) is 4.79 Å². The number of aryl methyl sites for hydroxylation is 1. The van der Waals surface area contributed by atoms with E-state index in [0.717, 1.165) is 31.6 Å². The molecule has 0 saturated carbocycles. The van der Waals surface area contributed by atoms with E-state index in [1.54, 1.807) is 5.38 Å². The first-order valence-electron chi connectivity index (χ1n) is 8.34. The normalized spacial score (nSPS) is 10.6. The predicted molar refractivity (Wildman–Crippen MR) is 99.3 cm³/mol. The lowest BCUT2D eigenvalue weighted by molar-refractivity contribution is 0.0936. The van der Waals surface area contributed by atoms with Gasteiger partial charge in [-0.1, -0.05) is 25.5 Å². The molecule has 0 unspecified atom stereocenters. The summed E-state index contributed by atoms with van der Waals surface area (Å²) in [6.45, 7) is 6.25. The lowest BCUT2D eigenvalue weighted by atomic mass is 10.2. The number of nitrogens with zero attached hydrogens (tertiary/aromatic N) is 1. The smallest absolute Gasteiger partial charge is 0.270 e. The molecule has 1 amide bonds. The SMILES string of the molecule is CCCCOCCCNC(=O)c1csc(Nc2cccc(C)c2)n1. The van der Waals surface area contributed by atoms with Gasteiger partial charge in [0.1, 0.15) is 5.69 Å². The Morgan fingerprint density at radius 3 is 2.92 bits per heavy atom. The molecular formula is C18H25N3O2S. The van der Waals surface area contributed by atoms with Crippen LogP contribution in [0.3, 0.4) is 0 Å². The van der Waals surface area contributed by atoms with Gasteiger partial charge in [0.15, 0.2) is 5.13 Å². The van der Waals surface area contributed by atoms with Crippen molar-refractivity contribution in [1.29, 1.82) is 0 Å². The zero-order valence-corrected chi connectivity index (χ0v) is 15.1. The molecule has 130 valence electrons. The minimum absolute atomic E-state index is 0.142. The Bertz CT molecular complexity index is 643. The fourth-order valence-corrected chi connectivity index (χ4v) is 2.81. The van der Waals surface area contributed by atoms with Crippen LogP contribution in [0.2, 0.25) is 0 Å². The minimum Gasteiger partial charge on any atom is -0.381 e. The van der Waals surface area contributed by atoms with Gasteiger partial charge in [-0.25, -0.2) is 4.98 Å². The fourth-order valence-electron chi connectivity index (χ4n) is 2.10. The first-order valence-corrected chi connectivity index (χ1v) is 9.22. The van der Waals surface area contributed by atoms with Crippen molar-refractivity contribution in [3.8, 4) is 0 Å². The summed E-state index contributed by atoms with van der Waals surface area (Å²) in [6, 6.07) is 8.05. The van der Waals surface area contributed by atoms with E-state index in [4.69, 9.17) is 4.74 Å². The van der Waals surface area contributed by atoms with Gasteiger partial charge in [-0.05, 0) is 37.5 Å². The van der Waals surface area contributed by atoms with Crippen molar-refractivity contribution in [3.05, 3.63) is 40.9 Å². The Labute approximate surface area is 147 Å². The molecular weight excluding hydrogens is 322 g/mol. The van der Waals surface area contributed by atoms with Crippen molar-refractivity contribution in [2.75, 3.05) is 25.1 Å². The van der Waals surface area contributed by atoms with E-state index < -0.39 is 0 Å². The molecule has 2 N–H and O–H groups in total. The molecule has 0 bridgehead atoms. The summed E-state index contributed by atoms with van der Waals surface area (Å²) >= 11 is 1.42. The average molecular weight is 347 g/mol. The molecule has 0 fully saturated rings. The van der Waals surface area contributed by atoms with Gasteiger partial charge in [0, 0.05) is 30.8 Å². The van der Waals surface area contributed by atoms with Gasteiger partial charge in [-0.15, -0.1) is 11.3 Å². The highest BCUT2D eigenvalue weighted by atomic mass is 32.1. The summed E-state index contributed by atoms with van der Waals surface area (Å²) < 4.78 is 5.47. The lowest BCUT2D eigenvalue weighted by Gasteiger charge is -2.05. The van der Waals surface area contributed by atoms with E-state index >= 15 is 0 Å². The monoisotopic (exact) mass is 347 g/mol. The van der Waals surface area contributed by atoms with E-state index in [1.807, 2.05) is 31.2 Å². The standard InChI is InChI=1S/C18H25N3O2S/c1-3-4-10-23-11-6-9-19-17(22)16-13-24-18(21-16)20-15-8-5-7-14(2)12-15/h5,7-8,12-13H,3-4,6,9-11H2,1-2H3,(H,19,22)(H,20,21). The molecule has 1 heterocycles. The van der Waals surface area contributed by atoms with Crippen LogP contribution in [-0.4, -0.2) is 30.6 Å². The molecule has 0 saturated heterocycles. The predicted octanol–water partition coefficient (Wildman–Crippen LogP) is 4.13. The molecule has 1 aromatic heterocycles. The third-order valence-electron chi connectivity index (χ3n) is 3.40. The number of carbonyl (C=O) groups excluding carboxylic acids is 1. The van der Waals surface area contributed by atoms with Gasteiger partial charge >= 0.3 is 0 Å². The number of hydrogen-bond donors (Lipinski definition) is 2. The Hall–Kier alpha value is -1.92. The Balaban J connectivity index is 1.73. The third-order valence-corrected chi connectivity index (χ3v) is 4.16. The van der Waals surface area contributed by atoms with Crippen molar-refractivity contribution >= 4 is 28.1 Å². The Morgan fingerprint density at radius 1 is 1.29 bits per heavy atom. The number of benzene rings is 1. The number of thiazole rings is 1. The fraction of sp³-hybridized carbons (Fsp3) is 0.444. The zero-order valence-electron chi connectivity index (χ0n) is 14.3. The molecule has 24 heavy (non-hydrogen) atoms. The van der Waals surface area contributed by atoms with E-state index in [-0.39, 0.29) is 5.91 Å². The summed E-state index contributed by atoms with van der Waals surface area (Å²) in [5.74, 6) is -0.142. The largest absolute Gasteiger partial charge is 0.381 e. The molecule has 5 nitrogen and oxygen atoms in total. The quantitative estimate of drug-likeness (QED) is 0.634. The van der Waals surface area contributed by atoms with E-state index in [1.165, 1.54) is 16.9 Å². The number of anilines is 2. The van der Waals surface area contributed by atoms with Crippen molar-refractivity contribution in [2.24, 2.45) is 0 Å². The number of nitrogens with one attached hydrogen (secondary N) is 2. The second-order valence-corrected chi connectivity index (χ2v) is 6.47. The molecule has 6 heteroatoms. The molecule has 2 rings (SSSR count). The van der Waals surface area contributed by atoms with E-state index in [2.05, 4.69) is 22.5 Å². The second kappa shape index (κ2) is 10.1. The van der Waals surface area contributed by atoms with Gasteiger partial charge in [0.2, 0.25) is 0 Å². The maximum absolute atomic E-state index is 12.1. The number of carbonyl (C=O) groups is 1. The zero-order chi connectivity index (χ0) is 17.2. The molecule has 2 aromatic rings. The highest BCUT2D eigenvalue weighted by Crippen LogP contribution is 2.21. The minimum atomic E-state index is -0.142. The molecule has 0 aliphatic carbocycles. The first kappa shape index (κ1) is 18.4. The number of aromatic nitrogens is 1. The summed E-state index contributed by atoms with van der Waals surface area (Å²) in [5, 5.41) is 8.58. The number of amides is 1. The molecule has 0 aliphatic heterocycles. The van der Waals surface area contributed by atoms with Crippen LogP contribution >= 0.6 is 11.3 Å². The van der Waals surface area contributed by atoms with Crippen molar-refractivity contribution < 1.29 is 9.53 Å². The lowest BCUT2D eigenvalue weighted by Crippen LogP contribution is -2.25. The number of hydrogen-bond acceptors (Lipinski definition) is 5. The van der Waals surface area contributed by atoms with Crippen LogP contribution in [0.4, 0.5) is 10.8 Å². The van der Waals surface area contributed by atoms with Crippen molar-refractivity contribution in [3.63, 3.8) is 0 Å². The topological polar surface area (TPSA) is 63.2 Å². The van der Waals surface area contributed by atoms with Gasteiger partial charge in [-0.2, -0.15) is 0 Å². The number of unbranched alkanes of at least 4 members (excludes halogenated alkanes) is 1. The molecule has 0 aliphatic rings. The molecule has 0 atom stereocenters. The highest BCUT2D eigenvalue weighted by Gasteiger charge is 2.10. The van der Waals surface area contributed by atoms with Crippen molar-refractivity contribution in [1.82, 2.24) is 10.3 Å². The first-order chi connectivity index (χ1) is 11.7. The Kier molecular flexibility index (Phi) is 7.71. The molecule has 1 aromatic carbocycles. The highest BCUT2D eigenvalue weighted by molar-refractivity contribution is 7.14. The van der Waals surface area contributed by atoms with Crippen molar-refractivity contribution in [2.45, 2.75) is 33.1 Å². The van der Waals surface area contributed by atoms with Crippen LogP contribution in [0.5, 0.6) is 0 Å². The maximum atomic E-state index is 12.1. The van der Waals surface area contributed by atoms with Crippen LogP contribution < -0.4 is 10.6 Å². The average Bonchev–Trinajstić information content (AvgIpc) is 3.02. The van der Waals surface area contributed by atoms with E-state index in [9.17, 15) is 4.79 Å². The Morgan fingerprint density at radius 2 is 2.12 bits per heavy atom. The van der Waals surface area contributed by atoms with Crippen LogP contribution in [0.1, 0.15) is 42.2 Å². The number of rotatable bonds is 10. The van der Waals surface area contributed by atoms with Crippen LogP contribution in [-0.2, 0) is 4.74 Å². The summed E-state index contributed by atoms with van der Waals surface area (Å²) in [7, 11) is 0. The number of ether oxygens (including phenoxy) is 1. The van der Waals surface area contributed by atoms with Crippen LogP contribution in [0.15, 0.2) is 29.6 Å². The van der Waals surface area contributed by atoms with Crippen LogP contribution in [0, 0.1) is 6.92 Å². The van der Waals surface area contributed by atoms with Gasteiger partial charge < -0.3 is 15.4 Å². The third kappa shape index (κ3) is 6.29.